The maximum atomic E-state index is 13.1. The zero-order valence-corrected chi connectivity index (χ0v) is 17.1. The molecule has 1 fully saturated rings. The van der Waals surface area contributed by atoms with Crippen molar-refractivity contribution in [2.45, 2.75) is 12.3 Å². The van der Waals surface area contributed by atoms with Gasteiger partial charge in [0.15, 0.2) is 11.5 Å². The Morgan fingerprint density at radius 2 is 1.90 bits per heavy atom. The highest BCUT2D eigenvalue weighted by molar-refractivity contribution is 8.03. The van der Waals surface area contributed by atoms with Crippen molar-refractivity contribution < 1.29 is 14.3 Å². The lowest BCUT2D eigenvalue weighted by Crippen LogP contribution is -2.47. The summed E-state index contributed by atoms with van der Waals surface area (Å²) in [6, 6.07) is 17.9. The van der Waals surface area contributed by atoms with Crippen LogP contribution in [0.2, 0.25) is 0 Å². The minimum Gasteiger partial charge on any atom is -0.493 e. The maximum absolute atomic E-state index is 13.1. The van der Waals surface area contributed by atoms with Crippen molar-refractivity contribution in [2.24, 2.45) is 0 Å². The number of nitrogens with zero attached hydrogens (tertiary/aromatic N) is 3. The van der Waals surface area contributed by atoms with Crippen molar-refractivity contribution in [3.05, 3.63) is 64.7 Å². The lowest BCUT2D eigenvalue weighted by Gasteiger charge is -2.42. The lowest BCUT2D eigenvalue weighted by atomic mass is 9.85. The molecule has 148 valence electrons. The van der Waals surface area contributed by atoms with Crippen LogP contribution in [0.3, 0.4) is 0 Å². The molecule has 4 rings (SSSR count). The molecule has 7 heteroatoms. The number of ether oxygens (including phenoxy) is 2. The lowest BCUT2D eigenvalue weighted by molar-refractivity contribution is -0.129. The van der Waals surface area contributed by atoms with Gasteiger partial charge < -0.3 is 14.4 Å². The highest BCUT2D eigenvalue weighted by Gasteiger charge is 2.39. The fourth-order valence-electron chi connectivity index (χ4n) is 3.82. The van der Waals surface area contributed by atoms with E-state index < -0.39 is 0 Å². The summed E-state index contributed by atoms with van der Waals surface area (Å²) in [7, 11) is 3.15. The predicted octanol–water partition coefficient (Wildman–Crippen LogP) is 3.92. The number of anilines is 1. The van der Waals surface area contributed by atoms with Gasteiger partial charge in [0.05, 0.1) is 43.4 Å². The summed E-state index contributed by atoms with van der Waals surface area (Å²) in [4.78, 5) is 16.9. The van der Waals surface area contributed by atoms with Crippen molar-refractivity contribution >= 4 is 23.4 Å². The molecule has 0 bridgehead atoms. The van der Waals surface area contributed by atoms with Crippen LogP contribution in [0.4, 0.5) is 5.69 Å². The van der Waals surface area contributed by atoms with E-state index in [1.165, 1.54) is 11.8 Å². The van der Waals surface area contributed by atoms with E-state index in [0.717, 1.165) is 16.3 Å². The summed E-state index contributed by atoms with van der Waals surface area (Å²) in [6.45, 7) is 0.443. The summed E-state index contributed by atoms with van der Waals surface area (Å²) in [5, 5.41) is 10.7. The molecular formula is C22H21N3O3S. The number of nitriles is 1. The van der Waals surface area contributed by atoms with Crippen molar-refractivity contribution in [3.63, 3.8) is 0 Å². The van der Waals surface area contributed by atoms with Gasteiger partial charge in [0.1, 0.15) is 0 Å². The van der Waals surface area contributed by atoms with E-state index in [2.05, 4.69) is 11.0 Å². The van der Waals surface area contributed by atoms with Gasteiger partial charge in [-0.15, -0.1) is 0 Å². The highest BCUT2D eigenvalue weighted by Crippen LogP contribution is 2.47. The van der Waals surface area contributed by atoms with E-state index in [1.807, 2.05) is 48.5 Å². The Morgan fingerprint density at radius 3 is 2.59 bits per heavy atom. The second-order valence-corrected chi connectivity index (χ2v) is 7.72. The van der Waals surface area contributed by atoms with Gasteiger partial charge in [0.25, 0.3) is 0 Å². The summed E-state index contributed by atoms with van der Waals surface area (Å²) in [5.41, 5.74) is 2.46. The van der Waals surface area contributed by atoms with Crippen LogP contribution < -0.4 is 14.4 Å². The van der Waals surface area contributed by atoms with Crippen molar-refractivity contribution in [1.82, 2.24) is 4.90 Å². The molecule has 2 aliphatic rings. The third kappa shape index (κ3) is 3.40. The fraction of sp³-hybridized carbons (Fsp3) is 0.273. The first-order valence-corrected chi connectivity index (χ1v) is 10.2. The monoisotopic (exact) mass is 407 g/mol. The Morgan fingerprint density at radius 1 is 1.10 bits per heavy atom. The van der Waals surface area contributed by atoms with Gasteiger partial charge >= 0.3 is 0 Å². The molecule has 2 aromatic rings. The molecule has 1 atom stereocenters. The number of hydrogen-bond acceptors (Lipinski definition) is 6. The van der Waals surface area contributed by atoms with E-state index >= 15 is 0 Å². The third-order valence-corrected chi connectivity index (χ3v) is 6.38. The van der Waals surface area contributed by atoms with E-state index in [4.69, 9.17) is 9.47 Å². The zero-order valence-electron chi connectivity index (χ0n) is 16.3. The van der Waals surface area contributed by atoms with Crippen LogP contribution in [0.5, 0.6) is 11.5 Å². The van der Waals surface area contributed by atoms with Crippen molar-refractivity contribution in [2.75, 3.05) is 31.7 Å². The minimum absolute atomic E-state index is 0.00186. The molecule has 0 aromatic heterocycles. The number of benzene rings is 2. The van der Waals surface area contributed by atoms with Crippen molar-refractivity contribution in [1.29, 1.82) is 5.26 Å². The summed E-state index contributed by atoms with van der Waals surface area (Å²) >= 11 is 1.52. The number of carbonyl (C=O) groups excluding carboxylic acids is 1. The average molecular weight is 407 g/mol. The molecule has 29 heavy (non-hydrogen) atoms. The number of hydrogen-bond donors (Lipinski definition) is 0. The molecule has 0 N–H and O–H groups in total. The first-order valence-electron chi connectivity index (χ1n) is 9.26. The van der Waals surface area contributed by atoms with Crippen LogP contribution in [0.15, 0.2) is 59.1 Å². The third-order valence-electron chi connectivity index (χ3n) is 5.22. The SMILES string of the molecule is COc1cccc(C2CC(=O)N3CN(c4ccccc4)CSC3=C2C#N)c1OC. The van der Waals surface area contributed by atoms with Crippen LogP contribution in [0.1, 0.15) is 17.9 Å². The average Bonchev–Trinajstić information content (AvgIpc) is 2.78. The standard InChI is InChI=1S/C22H21N3O3S/c1-27-19-10-6-9-16(21(19)28-2)17-11-20(26)25-13-24(15-7-4-3-5-8-15)14-29-22(25)18(17)12-23/h3-10,17H,11,13-14H2,1-2H3. The Labute approximate surface area is 174 Å². The van der Waals surface area contributed by atoms with Gasteiger partial charge in [0.2, 0.25) is 5.91 Å². The summed E-state index contributed by atoms with van der Waals surface area (Å²) < 4.78 is 11.0. The molecule has 1 amide bonds. The molecule has 2 aliphatic heterocycles. The second kappa shape index (κ2) is 8.10. The van der Waals surface area contributed by atoms with Gasteiger partial charge in [0, 0.05) is 23.6 Å². The number of para-hydroxylation sites is 2. The topological polar surface area (TPSA) is 65.8 Å². The van der Waals surface area contributed by atoms with E-state index in [1.54, 1.807) is 19.1 Å². The number of methoxy groups -OCH3 is 2. The van der Waals surface area contributed by atoms with E-state index in [0.29, 0.717) is 29.6 Å². The molecule has 0 saturated carbocycles. The molecule has 1 saturated heterocycles. The first-order chi connectivity index (χ1) is 14.2. The van der Waals surface area contributed by atoms with Crippen LogP contribution in [-0.2, 0) is 4.79 Å². The number of allylic oxidation sites excluding steroid dienone is 1. The number of carbonyl (C=O) groups is 1. The van der Waals surface area contributed by atoms with Gasteiger partial charge in [-0.25, -0.2) is 0 Å². The molecular weight excluding hydrogens is 386 g/mol. The number of thioether (sulfide) groups is 1. The van der Waals surface area contributed by atoms with Crippen LogP contribution in [-0.4, -0.2) is 37.6 Å². The summed E-state index contributed by atoms with van der Waals surface area (Å²) in [5.74, 6) is 1.49. The first kappa shape index (κ1) is 19.2. The predicted molar refractivity (Wildman–Crippen MR) is 113 cm³/mol. The van der Waals surface area contributed by atoms with Gasteiger partial charge in [-0.1, -0.05) is 42.1 Å². The number of fused-ring (bicyclic) bond motifs is 1. The Balaban J connectivity index is 1.72. The minimum atomic E-state index is -0.348. The number of rotatable bonds is 4. The van der Waals surface area contributed by atoms with Gasteiger partial charge in [-0.3, -0.25) is 9.69 Å². The van der Waals surface area contributed by atoms with Crippen LogP contribution in [0, 0.1) is 11.3 Å². The molecule has 2 heterocycles. The van der Waals surface area contributed by atoms with Crippen LogP contribution in [0.25, 0.3) is 0 Å². The molecule has 0 radical (unpaired) electrons. The van der Waals surface area contributed by atoms with Gasteiger partial charge in [-0.2, -0.15) is 5.26 Å². The Kier molecular flexibility index (Phi) is 5.36. The smallest absolute Gasteiger partial charge is 0.229 e. The quantitative estimate of drug-likeness (QED) is 0.765. The fourth-order valence-corrected chi connectivity index (χ4v) is 4.98. The number of amides is 1. The molecule has 0 spiro atoms. The second-order valence-electron chi connectivity index (χ2n) is 6.78. The Bertz CT molecular complexity index is 1000. The molecule has 2 aromatic carbocycles. The maximum Gasteiger partial charge on any atom is 0.229 e. The highest BCUT2D eigenvalue weighted by atomic mass is 32.2. The van der Waals surface area contributed by atoms with Crippen LogP contribution >= 0.6 is 11.8 Å². The Hall–Kier alpha value is -3.11. The van der Waals surface area contributed by atoms with E-state index in [-0.39, 0.29) is 18.2 Å². The zero-order chi connectivity index (χ0) is 20.4. The van der Waals surface area contributed by atoms with Crippen molar-refractivity contribution in [3.8, 4) is 17.6 Å². The largest absolute Gasteiger partial charge is 0.493 e. The normalized spacial score (nSPS) is 18.9. The molecule has 1 unspecified atom stereocenters. The summed E-state index contributed by atoms with van der Waals surface area (Å²) in [6.07, 6.45) is 0.221. The van der Waals surface area contributed by atoms with E-state index in [9.17, 15) is 10.1 Å². The molecule has 6 nitrogen and oxygen atoms in total. The van der Waals surface area contributed by atoms with Gasteiger partial charge in [-0.05, 0) is 18.2 Å². The molecule has 0 aliphatic carbocycles.